The molecule has 0 unspecified atom stereocenters. The summed E-state index contributed by atoms with van der Waals surface area (Å²) in [4.78, 5) is 41.9. The molecule has 1 aliphatic rings. The Morgan fingerprint density at radius 2 is 2.12 bits per heavy atom. The minimum atomic E-state index is -0.680. The second-order valence-electron chi connectivity index (χ2n) is 5.72. The molecule has 1 aliphatic heterocycles. The van der Waals surface area contributed by atoms with Crippen LogP contribution < -0.4 is 10.6 Å². The molecule has 0 saturated carbocycles. The number of urea groups is 1. The van der Waals surface area contributed by atoms with Crippen LogP contribution in [0.15, 0.2) is 41.9 Å². The van der Waals surface area contributed by atoms with Crippen molar-refractivity contribution in [1.82, 2.24) is 15.2 Å². The first-order valence-electron chi connectivity index (χ1n) is 7.94. The maximum Gasteiger partial charge on any atom is 0.325 e. The first kappa shape index (κ1) is 17.1. The van der Waals surface area contributed by atoms with Crippen LogP contribution in [0.5, 0.6) is 0 Å². The van der Waals surface area contributed by atoms with Crippen molar-refractivity contribution in [2.45, 2.75) is 31.8 Å². The largest absolute Gasteiger partial charge is 0.326 e. The number of rotatable bonds is 6. The number of carbonyl (C=O) groups is 3. The van der Waals surface area contributed by atoms with Crippen LogP contribution in [0.1, 0.15) is 31.4 Å². The fourth-order valence-corrected chi connectivity index (χ4v) is 3.28. The van der Waals surface area contributed by atoms with Gasteiger partial charge in [-0.05, 0) is 18.9 Å². The van der Waals surface area contributed by atoms with Gasteiger partial charge in [-0.2, -0.15) is 0 Å². The lowest BCUT2D eigenvalue weighted by atomic mass is 10.1. The maximum absolute atomic E-state index is 12.6. The highest BCUT2D eigenvalue weighted by Crippen LogP contribution is 2.25. The molecule has 8 heteroatoms. The SMILES string of the molecule is C[C@@H](c1ccccc1)N1C(=O)N[C@H](CCC(=O)Nc2nccs2)C1=O. The van der Waals surface area contributed by atoms with E-state index in [4.69, 9.17) is 0 Å². The molecule has 0 spiro atoms. The molecule has 0 radical (unpaired) electrons. The number of carbonyl (C=O) groups excluding carboxylic acids is 3. The quantitative estimate of drug-likeness (QED) is 0.776. The minimum absolute atomic E-state index is 0.129. The van der Waals surface area contributed by atoms with Crippen LogP contribution in [0.25, 0.3) is 0 Å². The van der Waals surface area contributed by atoms with Gasteiger partial charge in [0.05, 0.1) is 6.04 Å². The highest BCUT2D eigenvalue weighted by atomic mass is 32.1. The van der Waals surface area contributed by atoms with Gasteiger partial charge in [-0.1, -0.05) is 30.3 Å². The van der Waals surface area contributed by atoms with E-state index in [0.717, 1.165) is 5.56 Å². The number of hydrogen-bond acceptors (Lipinski definition) is 5. The zero-order chi connectivity index (χ0) is 17.8. The molecule has 0 bridgehead atoms. The normalized spacial score (nSPS) is 18.1. The van der Waals surface area contributed by atoms with E-state index in [2.05, 4.69) is 15.6 Å². The first-order valence-corrected chi connectivity index (χ1v) is 8.82. The summed E-state index contributed by atoms with van der Waals surface area (Å²) >= 11 is 1.32. The van der Waals surface area contributed by atoms with Gasteiger partial charge in [-0.15, -0.1) is 11.3 Å². The van der Waals surface area contributed by atoms with E-state index in [9.17, 15) is 14.4 Å². The maximum atomic E-state index is 12.6. The molecule has 1 saturated heterocycles. The van der Waals surface area contributed by atoms with Crippen LogP contribution in [0.3, 0.4) is 0 Å². The van der Waals surface area contributed by atoms with Crippen molar-refractivity contribution in [1.29, 1.82) is 0 Å². The Morgan fingerprint density at radius 3 is 2.80 bits per heavy atom. The second-order valence-corrected chi connectivity index (χ2v) is 6.62. The van der Waals surface area contributed by atoms with E-state index in [1.165, 1.54) is 16.2 Å². The zero-order valence-electron chi connectivity index (χ0n) is 13.6. The number of thiazole rings is 1. The Labute approximate surface area is 149 Å². The highest BCUT2D eigenvalue weighted by Gasteiger charge is 2.40. The Bertz CT molecular complexity index is 763. The Morgan fingerprint density at radius 1 is 1.36 bits per heavy atom. The van der Waals surface area contributed by atoms with Crippen molar-refractivity contribution in [2.24, 2.45) is 0 Å². The van der Waals surface area contributed by atoms with Gasteiger partial charge in [0, 0.05) is 18.0 Å². The summed E-state index contributed by atoms with van der Waals surface area (Å²) in [6, 6.07) is 7.90. The molecule has 7 nitrogen and oxygen atoms in total. The number of benzene rings is 1. The molecular weight excluding hydrogens is 340 g/mol. The second kappa shape index (κ2) is 7.43. The van der Waals surface area contributed by atoms with Gasteiger partial charge in [0.1, 0.15) is 6.04 Å². The molecule has 1 fully saturated rings. The van der Waals surface area contributed by atoms with Gasteiger partial charge in [0.15, 0.2) is 5.13 Å². The zero-order valence-corrected chi connectivity index (χ0v) is 14.5. The number of aromatic nitrogens is 1. The van der Waals surface area contributed by atoms with Crippen molar-refractivity contribution in [3.63, 3.8) is 0 Å². The molecule has 1 aromatic carbocycles. The fourth-order valence-electron chi connectivity index (χ4n) is 2.73. The van der Waals surface area contributed by atoms with Crippen LogP contribution in [0.4, 0.5) is 9.93 Å². The third-order valence-corrected chi connectivity index (χ3v) is 4.75. The third-order valence-electron chi connectivity index (χ3n) is 4.06. The van der Waals surface area contributed by atoms with Crippen LogP contribution in [0, 0.1) is 0 Å². The standard InChI is InChI=1S/C17H18N4O3S/c1-11(12-5-3-2-4-6-12)21-15(23)13(19-17(21)24)7-8-14(22)20-16-18-9-10-25-16/h2-6,9-11,13H,7-8H2,1H3,(H,19,24)(H,18,20,22)/t11-,13+/m0/s1. The fraction of sp³-hybridized carbons (Fsp3) is 0.294. The highest BCUT2D eigenvalue weighted by molar-refractivity contribution is 7.13. The molecule has 25 heavy (non-hydrogen) atoms. The van der Waals surface area contributed by atoms with Crippen LogP contribution >= 0.6 is 11.3 Å². The van der Waals surface area contributed by atoms with Crippen molar-refractivity contribution < 1.29 is 14.4 Å². The Balaban J connectivity index is 1.58. The van der Waals surface area contributed by atoms with E-state index >= 15 is 0 Å². The molecule has 130 valence electrons. The number of anilines is 1. The lowest BCUT2D eigenvalue weighted by Gasteiger charge is -2.21. The van der Waals surface area contributed by atoms with Crippen LogP contribution in [0.2, 0.25) is 0 Å². The number of hydrogen-bond donors (Lipinski definition) is 2. The lowest BCUT2D eigenvalue weighted by Crippen LogP contribution is -2.34. The molecule has 3 rings (SSSR count). The topological polar surface area (TPSA) is 91.4 Å². The van der Waals surface area contributed by atoms with Crippen molar-refractivity contribution >= 4 is 34.3 Å². The molecular formula is C17H18N4O3S. The van der Waals surface area contributed by atoms with Crippen molar-refractivity contribution in [2.75, 3.05) is 5.32 Å². The van der Waals surface area contributed by atoms with Gasteiger partial charge in [-0.25, -0.2) is 9.78 Å². The average molecular weight is 358 g/mol. The Hall–Kier alpha value is -2.74. The number of imide groups is 1. The van der Waals surface area contributed by atoms with E-state index in [0.29, 0.717) is 5.13 Å². The first-order chi connectivity index (χ1) is 12.1. The van der Waals surface area contributed by atoms with E-state index < -0.39 is 12.1 Å². The van der Waals surface area contributed by atoms with Gasteiger partial charge < -0.3 is 10.6 Å². The predicted molar refractivity (Wildman–Crippen MR) is 94.0 cm³/mol. The molecule has 2 atom stereocenters. The molecule has 2 aromatic rings. The van der Waals surface area contributed by atoms with E-state index in [1.54, 1.807) is 11.6 Å². The van der Waals surface area contributed by atoms with Crippen molar-refractivity contribution in [3.8, 4) is 0 Å². The predicted octanol–water partition coefficient (Wildman–Crippen LogP) is 2.54. The summed E-state index contributed by atoms with van der Waals surface area (Å²) < 4.78 is 0. The minimum Gasteiger partial charge on any atom is -0.326 e. The van der Waals surface area contributed by atoms with Gasteiger partial charge in [-0.3, -0.25) is 14.5 Å². The Kier molecular flexibility index (Phi) is 5.08. The van der Waals surface area contributed by atoms with Crippen LogP contribution in [-0.4, -0.2) is 33.8 Å². The molecule has 2 N–H and O–H groups in total. The smallest absolute Gasteiger partial charge is 0.325 e. The monoisotopic (exact) mass is 358 g/mol. The summed E-state index contributed by atoms with van der Waals surface area (Å²) in [5.74, 6) is -0.532. The van der Waals surface area contributed by atoms with E-state index in [-0.39, 0.29) is 30.7 Å². The summed E-state index contributed by atoms with van der Waals surface area (Å²) in [5, 5.41) is 7.61. The summed E-state index contributed by atoms with van der Waals surface area (Å²) in [5.41, 5.74) is 0.883. The summed E-state index contributed by atoms with van der Waals surface area (Å²) in [6.07, 6.45) is 1.98. The average Bonchev–Trinajstić information content (AvgIpc) is 3.21. The molecule has 4 amide bonds. The van der Waals surface area contributed by atoms with E-state index in [1.807, 2.05) is 37.3 Å². The van der Waals surface area contributed by atoms with Crippen LogP contribution in [-0.2, 0) is 9.59 Å². The number of nitrogens with one attached hydrogen (secondary N) is 2. The lowest BCUT2D eigenvalue weighted by molar-refractivity contribution is -0.129. The van der Waals surface area contributed by atoms with Gasteiger partial charge in [0.2, 0.25) is 5.91 Å². The summed E-state index contributed by atoms with van der Waals surface area (Å²) in [6.45, 7) is 1.81. The van der Waals surface area contributed by atoms with Crippen molar-refractivity contribution in [3.05, 3.63) is 47.5 Å². The molecule has 2 heterocycles. The summed E-state index contributed by atoms with van der Waals surface area (Å²) in [7, 11) is 0. The molecule has 0 aliphatic carbocycles. The third kappa shape index (κ3) is 3.85. The molecule has 1 aromatic heterocycles. The van der Waals surface area contributed by atoms with Gasteiger partial charge >= 0.3 is 6.03 Å². The van der Waals surface area contributed by atoms with Gasteiger partial charge in [0.25, 0.3) is 5.91 Å². The number of amides is 4. The number of nitrogens with zero attached hydrogens (tertiary/aromatic N) is 2.